The van der Waals surface area contributed by atoms with Crippen LogP contribution in [0.25, 0.3) is 0 Å². The summed E-state index contributed by atoms with van der Waals surface area (Å²) < 4.78 is 10.7. The van der Waals surface area contributed by atoms with Gasteiger partial charge >= 0.3 is 6.09 Å². The Kier molecular flexibility index (Phi) is 8.04. The predicted molar refractivity (Wildman–Crippen MR) is 125 cm³/mol. The molecule has 3 aliphatic rings. The lowest BCUT2D eigenvalue weighted by atomic mass is 10.0. The van der Waals surface area contributed by atoms with E-state index in [-0.39, 0.29) is 43.3 Å². The van der Waals surface area contributed by atoms with Crippen LogP contribution in [0, 0.1) is 0 Å². The van der Waals surface area contributed by atoms with E-state index in [1.54, 1.807) is 25.1 Å². The first-order valence-corrected chi connectivity index (χ1v) is 12.2. The van der Waals surface area contributed by atoms with Crippen molar-refractivity contribution in [3.8, 4) is 5.75 Å². The average Bonchev–Trinajstić information content (AvgIpc) is 3.46. The van der Waals surface area contributed by atoms with Crippen LogP contribution >= 0.6 is 0 Å². The van der Waals surface area contributed by atoms with E-state index < -0.39 is 18.0 Å². The van der Waals surface area contributed by atoms with Crippen LogP contribution in [0.15, 0.2) is 18.2 Å². The lowest BCUT2D eigenvalue weighted by Crippen LogP contribution is -2.52. The first-order chi connectivity index (χ1) is 17.4. The molecule has 12 heteroatoms. The molecule has 1 unspecified atom stereocenters. The van der Waals surface area contributed by atoms with Gasteiger partial charge in [-0.3, -0.25) is 34.8 Å². The first kappa shape index (κ1) is 25.4. The molecule has 1 aromatic carbocycles. The zero-order valence-electron chi connectivity index (χ0n) is 20.2. The molecule has 194 valence electrons. The van der Waals surface area contributed by atoms with Crippen LogP contribution < -0.4 is 20.9 Å². The fourth-order valence-corrected chi connectivity index (χ4v) is 4.90. The van der Waals surface area contributed by atoms with Crippen LogP contribution in [-0.4, -0.2) is 77.9 Å². The van der Waals surface area contributed by atoms with Gasteiger partial charge in [-0.1, -0.05) is 6.07 Å². The number of hydrazine groups is 1. The summed E-state index contributed by atoms with van der Waals surface area (Å²) in [5, 5.41) is 2.30. The molecule has 2 atom stereocenters. The molecule has 0 aliphatic carbocycles. The van der Waals surface area contributed by atoms with Gasteiger partial charge in [-0.15, -0.1) is 0 Å². The van der Waals surface area contributed by atoms with E-state index in [2.05, 4.69) is 21.1 Å². The molecule has 0 radical (unpaired) electrons. The van der Waals surface area contributed by atoms with Gasteiger partial charge in [0.05, 0.1) is 25.8 Å². The van der Waals surface area contributed by atoms with E-state index in [4.69, 9.17) is 9.47 Å². The van der Waals surface area contributed by atoms with Gasteiger partial charge in [0, 0.05) is 24.1 Å². The quantitative estimate of drug-likeness (QED) is 0.265. The number of amides is 5. The highest BCUT2D eigenvalue weighted by atomic mass is 16.6. The highest BCUT2D eigenvalue weighted by Crippen LogP contribution is 2.33. The van der Waals surface area contributed by atoms with Crippen LogP contribution in [0.2, 0.25) is 0 Å². The highest BCUT2D eigenvalue weighted by molar-refractivity contribution is 6.05. The zero-order chi connectivity index (χ0) is 25.7. The minimum absolute atomic E-state index is 0.203. The summed E-state index contributed by atoms with van der Waals surface area (Å²) in [6.45, 7) is 3.93. The van der Waals surface area contributed by atoms with Crippen molar-refractivity contribution in [2.24, 2.45) is 0 Å². The molecule has 3 heterocycles. The van der Waals surface area contributed by atoms with Gasteiger partial charge in [-0.25, -0.2) is 10.2 Å². The standard InChI is InChI=1S/C24H31N5O7/c1-2-35-24(34)27-26-22(32)17-7-4-11-28(17)12-5-13-36-19-8-3-6-15-16(19)14-29(23(15)33)18-9-10-20(30)25-21(18)31/h3,6,8,17-18H,2,4-5,7,9-14H2,1H3,(H,26,32)(H,27,34)(H,25,30,31)/t17-,18?/m0/s1. The van der Waals surface area contributed by atoms with Gasteiger partial charge in [0.2, 0.25) is 11.8 Å². The average molecular weight is 502 g/mol. The Balaban J connectivity index is 1.28. The Morgan fingerprint density at radius 3 is 2.78 bits per heavy atom. The molecule has 36 heavy (non-hydrogen) atoms. The fourth-order valence-electron chi connectivity index (χ4n) is 4.90. The van der Waals surface area contributed by atoms with Crippen molar-refractivity contribution < 1.29 is 33.4 Å². The van der Waals surface area contributed by atoms with Crippen molar-refractivity contribution in [3.63, 3.8) is 0 Å². The van der Waals surface area contributed by atoms with Crippen molar-refractivity contribution in [1.29, 1.82) is 0 Å². The minimum Gasteiger partial charge on any atom is -0.493 e. The highest BCUT2D eigenvalue weighted by Gasteiger charge is 2.40. The summed E-state index contributed by atoms with van der Waals surface area (Å²) in [4.78, 5) is 64.1. The largest absolute Gasteiger partial charge is 0.493 e. The van der Waals surface area contributed by atoms with E-state index in [0.717, 1.165) is 18.5 Å². The number of fused-ring (bicyclic) bond motifs is 1. The summed E-state index contributed by atoms with van der Waals surface area (Å²) in [5.74, 6) is -0.708. The molecular weight excluding hydrogens is 470 g/mol. The molecule has 5 amide bonds. The smallest absolute Gasteiger partial charge is 0.426 e. The molecule has 12 nitrogen and oxygen atoms in total. The van der Waals surface area contributed by atoms with Crippen molar-refractivity contribution in [2.75, 3.05) is 26.3 Å². The predicted octanol–water partition coefficient (Wildman–Crippen LogP) is 0.458. The van der Waals surface area contributed by atoms with Crippen molar-refractivity contribution in [3.05, 3.63) is 29.3 Å². The lowest BCUT2D eigenvalue weighted by Gasteiger charge is -2.29. The molecule has 2 fully saturated rings. The van der Waals surface area contributed by atoms with Crippen LogP contribution in [0.3, 0.4) is 0 Å². The number of rotatable bonds is 8. The normalized spacial score (nSPS) is 21.7. The third kappa shape index (κ3) is 5.59. The number of hydrogen-bond acceptors (Lipinski definition) is 8. The molecular formula is C24H31N5O7. The lowest BCUT2D eigenvalue weighted by molar-refractivity contribution is -0.137. The summed E-state index contributed by atoms with van der Waals surface area (Å²) in [6, 6.07) is 4.25. The Bertz CT molecular complexity index is 1050. The second kappa shape index (κ2) is 11.4. The number of ether oxygens (including phenoxy) is 2. The summed E-state index contributed by atoms with van der Waals surface area (Å²) in [7, 11) is 0. The summed E-state index contributed by atoms with van der Waals surface area (Å²) >= 11 is 0. The number of carbonyl (C=O) groups is 5. The second-order valence-electron chi connectivity index (χ2n) is 8.91. The SMILES string of the molecule is CCOC(=O)NNC(=O)[C@@H]1CCCN1CCCOc1cccc2c1CN(C1CCC(=O)NC1=O)C2=O. The molecule has 3 N–H and O–H groups in total. The summed E-state index contributed by atoms with van der Waals surface area (Å²) in [5.41, 5.74) is 5.88. The maximum absolute atomic E-state index is 12.9. The number of nitrogens with one attached hydrogen (secondary N) is 3. The maximum atomic E-state index is 12.9. The number of likely N-dealkylation sites (tertiary alicyclic amines) is 1. The molecule has 0 spiro atoms. The minimum atomic E-state index is -0.700. The second-order valence-corrected chi connectivity index (χ2v) is 8.91. The Hall–Kier alpha value is -3.67. The Labute approximate surface area is 208 Å². The number of benzene rings is 1. The van der Waals surface area contributed by atoms with E-state index in [0.29, 0.717) is 43.7 Å². The van der Waals surface area contributed by atoms with Gasteiger partial charge < -0.3 is 14.4 Å². The van der Waals surface area contributed by atoms with E-state index >= 15 is 0 Å². The molecule has 4 rings (SSSR count). The van der Waals surface area contributed by atoms with Crippen LogP contribution in [0.1, 0.15) is 54.9 Å². The number of piperidine rings is 1. The third-order valence-electron chi connectivity index (χ3n) is 6.62. The van der Waals surface area contributed by atoms with Gasteiger partial charge in [0.1, 0.15) is 11.8 Å². The number of imide groups is 1. The third-order valence-corrected chi connectivity index (χ3v) is 6.62. The van der Waals surface area contributed by atoms with Crippen molar-refractivity contribution >= 4 is 29.7 Å². The van der Waals surface area contributed by atoms with Crippen molar-refractivity contribution in [1.82, 2.24) is 26.0 Å². The van der Waals surface area contributed by atoms with Gasteiger partial charge in [-0.05, 0) is 51.3 Å². The van der Waals surface area contributed by atoms with E-state index in [1.807, 2.05) is 0 Å². The zero-order valence-corrected chi connectivity index (χ0v) is 20.2. The molecule has 1 aromatic rings. The Morgan fingerprint density at radius 2 is 2.00 bits per heavy atom. The van der Waals surface area contributed by atoms with E-state index in [1.165, 1.54) is 4.90 Å². The molecule has 2 saturated heterocycles. The molecule has 0 bridgehead atoms. The monoisotopic (exact) mass is 501 g/mol. The van der Waals surface area contributed by atoms with Gasteiger partial charge in [-0.2, -0.15) is 0 Å². The topological polar surface area (TPSA) is 146 Å². The van der Waals surface area contributed by atoms with Gasteiger partial charge in [0.15, 0.2) is 0 Å². The maximum Gasteiger partial charge on any atom is 0.426 e. The van der Waals surface area contributed by atoms with Crippen LogP contribution in [-0.2, 0) is 25.7 Å². The van der Waals surface area contributed by atoms with E-state index in [9.17, 15) is 24.0 Å². The summed E-state index contributed by atoms with van der Waals surface area (Å²) in [6.07, 6.45) is 2.04. The molecule has 0 aromatic heterocycles. The Morgan fingerprint density at radius 1 is 1.17 bits per heavy atom. The fraction of sp³-hybridized carbons (Fsp3) is 0.542. The first-order valence-electron chi connectivity index (χ1n) is 12.2. The molecule has 3 aliphatic heterocycles. The van der Waals surface area contributed by atoms with Crippen molar-refractivity contribution in [2.45, 2.75) is 57.7 Å². The number of carbonyl (C=O) groups excluding carboxylic acids is 5. The number of hydrogen-bond donors (Lipinski definition) is 3. The number of nitrogens with zero attached hydrogens (tertiary/aromatic N) is 2. The van der Waals surface area contributed by atoms with Gasteiger partial charge in [0.25, 0.3) is 11.8 Å². The molecule has 0 saturated carbocycles. The van der Waals surface area contributed by atoms with Crippen LogP contribution in [0.4, 0.5) is 4.79 Å². The van der Waals surface area contributed by atoms with Crippen LogP contribution in [0.5, 0.6) is 5.75 Å².